The second kappa shape index (κ2) is 10.1. The van der Waals surface area contributed by atoms with Gasteiger partial charge in [0.1, 0.15) is 12.4 Å². The topological polar surface area (TPSA) is 99.8 Å². The van der Waals surface area contributed by atoms with Crippen LogP contribution in [0.15, 0.2) is 54.6 Å². The Balaban J connectivity index is 1.42. The maximum absolute atomic E-state index is 13.0. The molecule has 0 aliphatic heterocycles. The molecule has 0 aliphatic rings. The van der Waals surface area contributed by atoms with Crippen LogP contribution in [0, 0.1) is 13.8 Å². The number of carbonyl (C=O) groups excluding carboxylic acids is 1. The van der Waals surface area contributed by atoms with Crippen molar-refractivity contribution in [3.63, 3.8) is 0 Å². The quantitative estimate of drug-likeness (QED) is 0.423. The zero-order valence-corrected chi connectivity index (χ0v) is 19.0. The molecule has 0 fully saturated rings. The van der Waals surface area contributed by atoms with Crippen LogP contribution < -0.4 is 10.1 Å². The summed E-state index contributed by atoms with van der Waals surface area (Å²) in [6.07, 6.45) is 0.872. The lowest BCUT2D eigenvalue weighted by molar-refractivity contribution is 0.102. The van der Waals surface area contributed by atoms with Crippen LogP contribution in [0.25, 0.3) is 0 Å². The van der Waals surface area contributed by atoms with Crippen LogP contribution in [0.5, 0.6) is 5.75 Å². The summed E-state index contributed by atoms with van der Waals surface area (Å²) in [6.45, 7) is 7.45. The lowest BCUT2D eigenvalue weighted by Crippen LogP contribution is -2.14. The van der Waals surface area contributed by atoms with Gasteiger partial charge in [-0.25, -0.2) is 4.68 Å². The first-order valence-electron chi connectivity index (χ1n) is 10.9. The molecule has 2 aromatic heterocycles. The Morgan fingerprint density at radius 3 is 2.67 bits per heavy atom. The van der Waals surface area contributed by atoms with Crippen LogP contribution in [-0.4, -0.2) is 35.9 Å². The highest BCUT2D eigenvalue weighted by Gasteiger charge is 2.16. The minimum Gasteiger partial charge on any atom is -0.486 e. The molecule has 0 spiro atoms. The Morgan fingerprint density at radius 2 is 1.88 bits per heavy atom. The minimum atomic E-state index is -0.215. The van der Waals surface area contributed by atoms with Crippen LogP contribution >= 0.6 is 0 Å². The molecule has 33 heavy (non-hydrogen) atoms. The number of amides is 1. The third-order valence-corrected chi connectivity index (χ3v) is 5.44. The molecule has 0 bridgehead atoms. The molecular weight excluding hydrogens is 418 g/mol. The van der Waals surface area contributed by atoms with Crippen LogP contribution in [0.4, 0.5) is 5.69 Å². The van der Waals surface area contributed by atoms with Crippen molar-refractivity contribution in [3.8, 4) is 5.75 Å². The van der Waals surface area contributed by atoms with Gasteiger partial charge in [0, 0.05) is 18.7 Å². The second-order valence-electron chi connectivity index (χ2n) is 7.69. The van der Waals surface area contributed by atoms with E-state index in [1.165, 1.54) is 5.56 Å². The van der Waals surface area contributed by atoms with Crippen molar-refractivity contribution < 1.29 is 9.53 Å². The van der Waals surface area contributed by atoms with Crippen molar-refractivity contribution >= 4 is 11.6 Å². The number of carbonyl (C=O) groups is 1. The summed E-state index contributed by atoms with van der Waals surface area (Å²) in [7, 11) is 0. The van der Waals surface area contributed by atoms with E-state index in [0.717, 1.165) is 30.0 Å². The Bertz CT molecular complexity index is 1230. The Morgan fingerprint density at radius 1 is 1.06 bits per heavy atom. The largest absolute Gasteiger partial charge is 0.486 e. The van der Waals surface area contributed by atoms with Crippen molar-refractivity contribution in [2.75, 3.05) is 5.32 Å². The number of aryl methyl sites for hydroxylation is 4. The fourth-order valence-corrected chi connectivity index (χ4v) is 3.61. The van der Waals surface area contributed by atoms with Crippen molar-refractivity contribution in [2.24, 2.45) is 0 Å². The van der Waals surface area contributed by atoms with E-state index in [1.54, 1.807) is 28.9 Å². The molecule has 2 aromatic carbocycles. The van der Waals surface area contributed by atoms with E-state index in [1.807, 2.05) is 43.7 Å². The average Bonchev–Trinajstić information content (AvgIpc) is 3.41. The van der Waals surface area contributed by atoms with E-state index in [2.05, 4.69) is 38.1 Å². The van der Waals surface area contributed by atoms with E-state index in [9.17, 15) is 4.79 Å². The molecule has 0 saturated carbocycles. The number of aromatic nitrogens is 6. The molecule has 0 atom stereocenters. The van der Waals surface area contributed by atoms with Crippen LogP contribution in [-0.2, 0) is 26.1 Å². The van der Waals surface area contributed by atoms with E-state index in [0.29, 0.717) is 23.7 Å². The summed E-state index contributed by atoms with van der Waals surface area (Å²) in [5.41, 5.74) is 4.20. The average molecular weight is 446 g/mol. The van der Waals surface area contributed by atoms with Crippen molar-refractivity contribution in [3.05, 3.63) is 82.9 Å². The highest BCUT2D eigenvalue weighted by molar-refractivity contribution is 6.05. The van der Waals surface area contributed by atoms with Crippen LogP contribution in [0.2, 0.25) is 0 Å². The van der Waals surface area contributed by atoms with E-state index >= 15 is 0 Å². The summed E-state index contributed by atoms with van der Waals surface area (Å²) in [4.78, 5) is 13.0. The van der Waals surface area contributed by atoms with Crippen molar-refractivity contribution in [1.82, 2.24) is 30.0 Å². The summed E-state index contributed by atoms with van der Waals surface area (Å²) >= 11 is 0. The summed E-state index contributed by atoms with van der Waals surface area (Å²) in [6, 6.07) is 17.3. The SMILES string of the molecule is CCn1nnnc1COc1cccc(C(=O)Nc2c(C)nn(CCc3ccccc3)c2C)c1. The Hall–Kier alpha value is -4.01. The summed E-state index contributed by atoms with van der Waals surface area (Å²) in [5, 5.41) is 19.1. The van der Waals surface area contributed by atoms with Gasteiger partial charge < -0.3 is 10.1 Å². The molecule has 9 heteroatoms. The van der Waals surface area contributed by atoms with E-state index in [4.69, 9.17) is 4.74 Å². The first kappa shape index (κ1) is 22.2. The lowest BCUT2D eigenvalue weighted by Gasteiger charge is -2.09. The van der Waals surface area contributed by atoms with E-state index < -0.39 is 0 Å². The molecule has 4 aromatic rings. The number of hydrogen-bond acceptors (Lipinski definition) is 6. The number of nitrogens with zero attached hydrogens (tertiary/aromatic N) is 6. The first-order valence-corrected chi connectivity index (χ1v) is 10.9. The molecular formula is C24H27N7O2. The molecule has 1 amide bonds. The maximum atomic E-state index is 13.0. The predicted molar refractivity (Wildman–Crippen MR) is 124 cm³/mol. The third kappa shape index (κ3) is 5.25. The lowest BCUT2D eigenvalue weighted by atomic mass is 10.1. The van der Waals surface area contributed by atoms with Gasteiger partial charge in [-0.05, 0) is 61.4 Å². The van der Waals surface area contributed by atoms with Gasteiger partial charge in [-0.3, -0.25) is 9.48 Å². The summed E-state index contributed by atoms with van der Waals surface area (Å²) < 4.78 is 9.40. The van der Waals surface area contributed by atoms with Gasteiger partial charge in [0.2, 0.25) is 0 Å². The number of hydrogen-bond donors (Lipinski definition) is 1. The van der Waals surface area contributed by atoms with Gasteiger partial charge in [-0.15, -0.1) is 5.10 Å². The van der Waals surface area contributed by atoms with Crippen molar-refractivity contribution in [2.45, 2.75) is 46.9 Å². The van der Waals surface area contributed by atoms with Gasteiger partial charge in [0.15, 0.2) is 5.82 Å². The Kier molecular flexibility index (Phi) is 6.77. The number of ether oxygens (including phenoxy) is 1. The fourth-order valence-electron chi connectivity index (χ4n) is 3.61. The standard InChI is InChI=1S/C24H27N7O2/c1-4-30-22(26-28-29-30)16-33-21-12-8-11-20(15-21)24(32)25-23-17(2)27-31(18(23)3)14-13-19-9-6-5-7-10-19/h5-12,15H,4,13-14,16H2,1-3H3,(H,25,32). The van der Waals surface area contributed by atoms with Crippen molar-refractivity contribution in [1.29, 1.82) is 0 Å². The highest BCUT2D eigenvalue weighted by atomic mass is 16.5. The molecule has 1 N–H and O–H groups in total. The highest BCUT2D eigenvalue weighted by Crippen LogP contribution is 2.22. The van der Waals surface area contributed by atoms with Gasteiger partial charge in [-0.2, -0.15) is 5.10 Å². The maximum Gasteiger partial charge on any atom is 0.255 e. The van der Waals surface area contributed by atoms with Crippen LogP contribution in [0.3, 0.4) is 0 Å². The Labute approximate surface area is 192 Å². The second-order valence-corrected chi connectivity index (χ2v) is 7.69. The normalized spacial score (nSPS) is 10.9. The molecule has 2 heterocycles. The van der Waals surface area contributed by atoms with Gasteiger partial charge in [0.05, 0.1) is 17.1 Å². The first-order chi connectivity index (χ1) is 16.0. The monoisotopic (exact) mass is 445 g/mol. The van der Waals surface area contributed by atoms with Crippen LogP contribution in [0.1, 0.15) is 40.1 Å². The minimum absolute atomic E-state index is 0.215. The molecule has 0 saturated heterocycles. The van der Waals surface area contributed by atoms with Gasteiger partial charge in [0.25, 0.3) is 5.91 Å². The molecule has 170 valence electrons. The number of benzene rings is 2. The van der Waals surface area contributed by atoms with Gasteiger partial charge in [-0.1, -0.05) is 36.4 Å². The molecule has 0 aliphatic carbocycles. The molecule has 0 radical (unpaired) electrons. The predicted octanol–water partition coefficient (Wildman–Crippen LogP) is 3.58. The molecule has 9 nitrogen and oxygen atoms in total. The smallest absolute Gasteiger partial charge is 0.255 e. The number of tetrazole rings is 1. The number of rotatable bonds is 9. The zero-order valence-electron chi connectivity index (χ0n) is 19.0. The number of anilines is 1. The summed E-state index contributed by atoms with van der Waals surface area (Å²) in [5.74, 6) is 0.981. The van der Waals surface area contributed by atoms with Gasteiger partial charge >= 0.3 is 0 Å². The zero-order chi connectivity index (χ0) is 23.2. The third-order valence-electron chi connectivity index (χ3n) is 5.44. The fraction of sp³-hybridized carbons (Fsp3) is 0.292. The van der Waals surface area contributed by atoms with E-state index in [-0.39, 0.29) is 12.5 Å². The molecule has 4 rings (SSSR count). The molecule has 0 unspecified atom stereocenters. The number of nitrogens with one attached hydrogen (secondary N) is 1.